The maximum Gasteiger partial charge on any atom is 0.413 e. The molecule has 1 aromatic heterocycles. The number of fused-ring (bicyclic) bond motifs is 1. The van der Waals surface area contributed by atoms with E-state index in [9.17, 15) is 9.59 Å². The highest BCUT2D eigenvalue weighted by molar-refractivity contribution is 7.15. The predicted molar refractivity (Wildman–Crippen MR) is 74.9 cm³/mol. The van der Waals surface area contributed by atoms with Gasteiger partial charge in [0.2, 0.25) is 0 Å². The smallest absolute Gasteiger partial charge is 0.413 e. The van der Waals surface area contributed by atoms with Crippen molar-refractivity contribution in [2.24, 2.45) is 5.92 Å². The fraction of sp³-hybridized carbons (Fsp3) is 0.615. The molecule has 0 aromatic carbocycles. The first-order chi connectivity index (χ1) is 9.28. The van der Waals surface area contributed by atoms with Crippen LogP contribution in [0, 0.1) is 5.92 Å². The van der Waals surface area contributed by atoms with E-state index >= 15 is 0 Å². The predicted octanol–water partition coefficient (Wildman–Crippen LogP) is 2.38. The molecule has 1 aliphatic carbocycles. The third-order valence-electron chi connectivity index (χ3n) is 2.79. The molecule has 1 amide bonds. The maximum atomic E-state index is 11.6. The van der Waals surface area contributed by atoms with Crippen molar-refractivity contribution < 1.29 is 19.1 Å². The van der Waals surface area contributed by atoms with Crippen LogP contribution in [0.1, 0.15) is 31.3 Å². The second-order valence-electron chi connectivity index (χ2n) is 5.64. The lowest BCUT2D eigenvalue weighted by Crippen LogP contribution is -2.27. The lowest BCUT2D eigenvalue weighted by atomic mass is 10.1. The lowest BCUT2D eigenvalue weighted by molar-refractivity contribution is -0.145. The zero-order valence-electron chi connectivity index (χ0n) is 12.0. The average Bonchev–Trinajstić information content (AvgIpc) is 2.82. The number of nitrogens with zero attached hydrogens (tertiary/aromatic N) is 1. The van der Waals surface area contributed by atoms with Crippen LogP contribution in [-0.2, 0) is 27.1 Å². The molecular formula is C13H18N2O4S. The van der Waals surface area contributed by atoms with Crippen LogP contribution in [0.3, 0.4) is 0 Å². The summed E-state index contributed by atoms with van der Waals surface area (Å²) < 4.78 is 9.89. The summed E-state index contributed by atoms with van der Waals surface area (Å²) in [5, 5.41) is 3.12. The fourth-order valence-corrected chi connectivity index (χ4v) is 3.06. The van der Waals surface area contributed by atoms with Crippen LogP contribution in [0.2, 0.25) is 0 Å². The molecule has 0 fully saturated rings. The number of hydrogen-bond acceptors (Lipinski definition) is 6. The van der Waals surface area contributed by atoms with E-state index in [4.69, 9.17) is 9.47 Å². The van der Waals surface area contributed by atoms with Gasteiger partial charge in [0.1, 0.15) is 5.60 Å². The van der Waals surface area contributed by atoms with Gasteiger partial charge in [-0.1, -0.05) is 0 Å². The molecule has 20 heavy (non-hydrogen) atoms. The van der Waals surface area contributed by atoms with Gasteiger partial charge in [0, 0.05) is 11.3 Å². The Hall–Kier alpha value is -1.63. The zero-order chi connectivity index (χ0) is 14.9. The second kappa shape index (κ2) is 5.40. The van der Waals surface area contributed by atoms with E-state index in [0.29, 0.717) is 18.0 Å². The van der Waals surface area contributed by atoms with Gasteiger partial charge < -0.3 is 9.47 Å². The van der Waals surface area contributed by atoms with Gasteiger partial charge in [-0.15, -0.1) is 11.3 Å². The molecule has 7 heteroatoms. The van der Waals surface area contributed by atoms with Gasteiger partial charge in [-0.05, 0) is 27.2 Å². The van der Waals surface area contributed by atoms with Crippen LogP contribution < -0.4 is 5.32 Å². The van der Waals surface area contributed by atoms with Crippen molar-refractivity contribution >= 4 is 28.5 Å². The molecule has 1 aromatic rings. The number of ether oxygens (including phenoxy) is 2. The molecule has 6 nitrogen and oxygen atoms in total. The first kappa shape index (κ1) is 14.8. The topological polar surface area (TPSA) is 77.5 Å². The van der Waals surface area contributed by atoms with Crippen molar-refractivity contribution in [2.75, 3.05) is 12.4 Å². The van der Waals surface area contributed by atoms with Gasteiger partial charge in [-0.25, -0.2) is 9.78 Å². The Balaban J connectivity index is 1.96. The van der Waals surface area contributed by atoms with Crippen LogP contribution in [0.25, 0.3) is 0 Å². The Bertz CT molecular complexity index is 509. The highest BCUT2D eigenvalue weighted by Gasteiger charge is 2.31. The molecular weight excluding hydrogens is 280 g/mol. The summed E-state index contributed by atoms with van der Waals surface area (Å²) in [6, 6.07) is 0. The Kier molecular flexibility index (Phi) is 3.99. The van der Waals surface area contributed by atoms with Crippen molar-refractivity contribution in [3.8, 4) is 0 Å². The minimum absolute atomic E-state index is 0.149. The SMILES string of the molecule is COC(=O)C1Cc2nc(NC(=O)OC(C)(C)C)sc2C1. The first-order valence-corrected chi connectivity index (χ1v) is 7.16. The summed E-state index contributed by atoms with van der Waals surface area (Å²) in [7, 11) is 1.39. The van der Waals surface area contributed by atoms with E-state index in [1.165, 1.54) is 18.4 Å². The quantitative estimate of drug-likeness (QED) is 0.848. The van der Waals surface area contributed by atoms with Crippen LogP contribution in [0.15, 0.2) is 0 Å². The van der Waals surface area contributed by atoms with E-state index < -0.39 is 11.7 Å². The van der Waals surface area contributed by atoms with E-state index in [2.05, 4.69) is 10.3 Å². The molecule has 0 radical (unpaired) electrons. The van der Waals surface area contributed by atoms with E-state index in [1.807, 2.05) is 0 Å². The molecule has 0 saturated heterocycles. The van der Waals surface area contributed by atoms with Crippen molar-refractivity contribution in [1.29, 1.82) is 0 Å². The second-order valence-corrected chi connectivity index (χ2v) is 6.73. The summed E-state index contributed by atoms with van der Waals surface area (Å²) in [6.45, 7) is 5.40. The summed E-state index contributed by atoms with van der Waals surface area (Å²) >= 11 is 1.38. The highest BCUT2D eigenvalue weighted by Crippen LogP contribution is 2.34. The minimum atomic E-state index is -0.542. The number of hydrogen-bond donors (Lipinski definition) is 1. The Labute approximate surface area is 121 Å². The Morgan fingerprint density at radius 3 is 2.60 bits per heavy atom. The summed E-state index contributed by atoms with van der Waals surface area (Å²) in [5.41, 5.74) is 0.316. The molecule has 0 aliphatic heterocycles. The monoisotopic (exact) mass is 298 g/mol. The normalized spacial score (nSPS) is 17.5. The van der Waals surface area contributed by atoms with Gasteiger partial charge >= 0.3 is 12.1 Å². The number of rotatable bonds is 2. The molecule has 1 heterocycles. The molecule has 0 bridgehead atoms. The van der Waals surface area contributed by atoms with E-state index in [1.54, 1.807) is 20.8 Å². The third-order valence-corrected chi connectivity index (χ3v) is 3.83. The van der Waals surface area contributed by atoms with Crippen LogP contribution >= 0.6 is 11.3 Å². The van der Waals surface area contributed by atoms with Crippen molar-refractivity contribution in [3.05, 3.63) is 10.6 Å². The molecule has 110 valence electrons. The number of thiazole rings is 1. The van der Waals surface area contributed by atoms with Gasteiger partial charge in [-0.3, -0.25) is 10.1 Å². The standard InChI is InChI=1S/C13H18N2O4S/c1-13(2,3)19-12(17)15-11-14-8-5-7(10(16)18-4)6-9(8)20-11/h7H,5-6H2,1-4H3,(H,14,15,17). The van der Waals surface area contributed by atoms with Crippen molar-refractivity contribution in [3.63, 3.8) is 0 Å². The molecule has 1 atom stereocenters. The van der Waals surface area contributed by atoms with Gasteiger partial charge in [0.05, 0.1) is 18.7 Å². The first-order valence-electron chi connectivity index (χ1n) is 6.35. The molecule has 1 N–H and O–H groups in total. The number of esters is 1. The summed E-state index contributed by atoms with van der Waals surface area (Å²) in [6.07, 6.45) is 0.666. The number of carbonyl (C=O) groups is 2. The fourth-order valence-electron chi connectivity index (χ4n) is 2.01. The van der Waals surface area contributed by atoms with Crippen LogP contribution in [-0.4, -0.2) is 29.8 Å². The molecule has 2 rings (SSSR count). The summed E-state index contributed by atoms with van der Waals surface area (Å²) in [5.74, 6) is -0.360. The lowest BCUT2D eigenvalue weighted by Gasteiger charge is -2.18. The number of methoxy groups -OCH3 is 1. The van der Waals surface area contributed by atoms with Crippen LogP contribution in [0.4, 0.5) is 9.93 Å². The number of carbonyl (C=O) groups excluding carboxylic acids is 2. The molecule has 0 saturated carbocycles. The van der Waals surface area contributed by atoms with Crippen molar-refractivity contribution in [2.45, 2.75) is 39.2 Å². The summed E-state index contributed by atoms with van der Waals surface area (Å²) in [4.78, 5) is 28.4. The van der Waals surface area contributed by atoms with Gasteiger partial charge in [0.25, 0.3) is 0 Å². The molecule has 0 spiro atoms. The van der Waals surface area contributed by atoms with E-state index in [0.717, 1.165) is 10.6 Å². The number of nitrogens with one attached hydrogen (secondary N) is 1. The third kappa shape index (κ3) is 3.47. The minimum Gasteiger partial charge on any atom is -0.469 e. The van der Waals surface area contributed by atoms with E-state index in [-0.39, 0.29) is 11.9 Å². The Morgan fingerprint density at radius 2 is 2.05 bits per heavy atom. The van der Waals surface area contributed by atoms with Crippen LogP contribution in [0.5, 0.6) is 0 Å². The molecule has 1 unspecified atom stereocenters. The van der Waals surface area contributed by atoms with Gasteiger partial charge in [-0.2, -0.15) is 0 Å². The van der Waals surface area contributed by atoms with Gasteiger partial charge in [0.15, 0.2) is 5.13 Å². The number of anilines is 1. The van der Waals surface area contributed by atoms with Crippen molar-refractivity contribution in [1.82, 2.24) is 4.98 Å². The number of aromatic nitrogens is 1. The average molecular weight is 298 g/mol. The maximum absolute atomic E-state index is 11.6. The Morgan fingerprint density at radius 1 is 1.35 bits per heavy atom. The molecule has 1 aliphatic rings. The highest BCUT2D eigenvalue weighted by atomic mass is 32.1. The number of amides is 1. The largest absolute Gasteiger partial charge is 0.469 e. The zero-order valence-corrected chi connectivity index (χ0v) is 12.8.